The van der Waals surface area contributed by atoms with Crippen LogP contribution in [-0.4, -0.2) is 21.6 Å². The van der Waals surface area contributed by atoms with Crippen molar-refractivity contribution in [2.75, 3.05) is 0 Å². The van der Waals surface area contributed by atoms with Crippen LogP contribution in [0.25, 0.3) is 0 Å². The lowest BCUT2D eigenvalue weighted by atomic mass is 9.77. The van der Waals surface area contributed by atoms with E-state index in [0.29, 0.717) is 35.0 Å². The highest BCUT2D eigenvalue weighted by atomic mass is 31.1. The van der Waals surface area contributed by atoms with Gasteiger partial charge in [-0.1, -0.05) is 86.6 Å². The van der Waals surface area contributed by atoms with E-state index in [1.165, 1.54) is 29.9 Å². The normalized spacial score (nSPS) is 31.6. The molecule has 0 nitrogen and oxygen atoms in total. The molecule has 2 aromatic rings. The lowest BCUT2D eigenvalue weighted by molar-refractivity contribution is 0.223. The number of hydrogen-bond donors (Lipinski definition) is 0. The van der Waals surface area contributed by atoms with Crippen LogP contribution in [0.5, 0.6) is 0 Å². The maximum Gasteiger partial charge on any atom is 0.123 e. The summed E-state index contributed by atoms with van der Waals surface area (Å²) in [5, 5.41) is 2.81. The van der Waals surface area contributed by atoms with E-state index < -0.39 is 15.8 Å². The van der Waals surface area contributed by atoms with Gasteiger partial charge < -0.3 is 0 Å². The van der Waals surface area contributed by atoms with Gasteiger partial charge >= 0.3 is 0 Å². The van der Waals surface area contributed by atoms with Gasteiger partial charge in [-0.3, -0.25) is 0 Å². The fraction of sp³-hybridized carbons (Fsp3) is 0.588. The van der Waals surface area contributed by atoms with Crippen molar-refractivity contribution < 1.29 is 8.78 Å². The van der Waals surface area contributed by atoms with Crippen LogP contribution in [0, 0.1) is 59.5 Å². The summed E-state index contributed by atoms with van der Waals surface area (Å²) in [6, 6.07) is 14.3. The van der Waals surface area contributed by atoms with Gasteiger partial charge in [-0.2, -0.15) is 0 Å². The van der Waals surface area contributed by atoms with Crippen molar-refractivity contribution in [2.24, 2.45) is 35.5 Å². The Bertz CT molecular complexity index is 1110. The van der Waals surface area contributed by atoms with Gasteiger partial charge in [0, 0.05) is 5.66 Å². The number of benzene rings is 2. The Balaban J connectivity index is 1.55. The van der Waals surface area contributed by atoms with E-state index in [1.54, 1.807) is 24.3 Å². The molecule has 3 saturated carbocycles. The molecule has 204 valence electrons. The molecule has 3 fully saturated rings. The van der Waals surface area contributed by atoms with Crippen LogP contribution in [0.3, 0.4) is 0 Å². The van der Waals surface area contributed by atoms with Gasteiger partial charge in [-0.25, -0.2) is 8.78 Å². The Hall–Kier alpha value is -1.28. The van der Waals surface area contributed by atoms with Crippen molar-refractivity contribution in [3.63, 3.8) is 0 Å². The molecule has 2 aromatic carbocycles. The molecule has 0 saturated heterocycles. The molecule has 0 radical (unpaired) electrons. The van der Waals surface area contributed by atoms with Crippen molar-refractivity contribution in [3.05, 3.63) is 60.2 Å². The monoisotopic (exact) mass is 552 g/mol. The van der Waals surface area contributed by atoms with E-state index in [4.69, 9.17) is 6.42 Å². The maximum atomic E-state index is 14.0. The molecular formula is C34H44F2P2. The first-order valence-corrected chi connectivity index (χ1v) is 17.2. The number of fused-ring (bicyclic) bond motifs is 6. The van der Waals surface area contributed by atoms with Gasteiger partial charge in [0.15, 0.2) is 0 Å². The van der Waals surface area contributed by atoms with E-state index in [9.17, 15) is 8.78 Å². The average Bonchev–Trinajstić information content (AvgIpc) is 3.32. The van der Waals surface area contributed by atoms with E-state index in [1.807, 2.05) is 24.3 Å². The van der Waals surface area contributed by atoms with Crippen LogP contribution in [0.2, 0.25) is 0 Å². The quantitative estimate of drug-likeness (QED) is 0.257. The van der Waals surface area contributed by atoms with Crippen LogP contribution in [-0.2, 0) is 0 Å². The van der Waals surface area contributed by atoms with Crippen molar-refractivity contribution in [1.29, 1.82) is 0 Å². The van der Waals surface area contributed by atoms with Crippen molar-refractivity contribution in [3.8, 4) is 12.3 Å². The average molecular weight is 553 g/mol. The molecule has 5 rings (SSSR count). The largest absolute Gasteiger partial charge is 0.207 e. The Morgan fingerprint density at radius 3 is 1.71 bits per heavy atom. The summed E-state index contributed by atoms with van der Waals surface area (Å²) >= 11 is 0. The second-order valence-electron chi connectivity index (χ2n) is 14.1. The van der Waals surface area contributed by atoms with Crippen LogP contribution >= 0.6 is 15.8 Å². The summed E-state index contributed by atoms with van der Waals surface area (Å²) in [5.74, 6) is 7.00. The van der Waals surface area contributed by atoms with Gasteiger partial charge in [0.1, 0.15) is 11.6 Å². The molecule has 0 amide bonds. The Morgan fingerprint density at radius 2 is 1.26 bits per heavy atom. The first-order valence-electron chi connectivity index (χ1n) is 14.4. The minimum absolute atomic E-state index is 0.189. The fourth-order valence-corrected chi connectivity index (χ4v) is 17.0. The maximum absolute atomic E-state index is 14.0. The molecule has 4 heteroatoms. The third-order valence-electron chi connectivity index (χ3n) is 9.89. The molecule has 0 aliphatic heterocycles. The minimum Gasteiger partial charge on any atom is -0.207 e. The summed E-state index contributed by atoms with van der Waals surface area (Å²) in [6.45, 7) is 16.9. The van der Waals surface area contributed by atoms with Crippen LogP contribution < -0.4 is 10.6 Å². The molecule has 0 spiro atoms. The lowest BCUT2D eigenvalue weighted by Gasteiger charge is -2.49. The fourth-order valence-electron chi connectivity index (χ4n) is 9.09. The molecule has 3 aliphatic carbocycles. The zero-order valence-corrected chi connectivity index (χ0v) is 25.9. The third kappa shape index (κ3) is 5.02. The smallest absolute Gasteiger partial charge is 0.123 e. The second kappa shape index (κ2) is 10.3. The van der Waals surface area contributed by atoms with E-state index in [-0.39, 0.29) is 21.9 Å². The number of hydrogen-bond acceptors (Lipinski definition) is 0. The highest BCUT2D eigenvalue weighted by Crippen LogP contribution is 2.72. The second-order valence-corrected chi connectivity index (χ2v) is 20.5. The molecule has 5 unspecified atom stereocenters. The lowest BCUT2D eigenvalue weighted by Crippen LogP contribution is -2.40. The van der Waals surface area contributed by atoms with Crippen molar-refractivity contribution >= 4 is 26.5 Å². The molecule has 0 heterocycles. The van der Waals surface area contributed by atoms with E-state index >= 15 is 0 Å². The standard InChI is InChI=1S/C34H44F2P2/c1-9-30(38(33(3,4)5)34(6,7)8)32-21(2)27-20-29(32)28-18-22(27)19-31(28)37(25-14-10-23(35)11-15-25)26-16-12-24(36)13-17-26/h1,10-17,21-22,27-32H,18-20H2,2-8H3/t21-,22?,27?,28?,29?,30-,31?,32-/m1/s1. The SMILES string of the molecule is C#C[C@H]([C@H]1C2CC(C3CC2C(P(c2ccc(F)cc2)c2ccc(F)cc2)C3)[C@H]1C)P(C(C)(C)C)C(C)(C)C. The molecule has 3 aliphatic rings. The number of halogens is 2. The molecule has 38 heavy (non-hydrogen) atoms. The molecule has 8 atom stereocenters. The van der Waals surface area contributed by atoms with Gasteiger partial charge in [0.05, 0.1) is 0 Å². The van der Waals surface area contributed by atoms with Crippen molar-refractivity contribution in [2.45, 2.75) is 89.4 Å². The first-order chi connectivity index (χ1) is 17.8. The first kappa shape index (κ1) is 28.3. The van der Waals surface area contributed by atoms with Crippen LogP contribution in [0.4, 0.5) is 8.78 Å². The summed E-state index contributed by atoms with van der Waals surface area (Å²) < 4.78 is 27.9. The summed E-state index contributed by atoms with van der Waals surface area (Å²) in [5.41, 5.74) is 0.850. The van der Waals surface area contributed by atoms with Crippen LogP contribution in [0.15, 0.2) is 48.5 Å². The predicted octanol–water partition coefficient (Wildman–Crippen LogP) is 8.78. The van der Waals surface area contributed by atoms with Gasteiger partial charge in [-0.05, 0) is 114 Å². The van der Waals surface area contributed by atoms with E-state index in [0.717, 1.165) is 11.8 Å². The predicted molar refractivity (Wildman–Crippen MR) is 162 cm³/mol. The molecular weight excluding hydrogens is 508 g/mol. The van der Waals surface area contributed by atoms with Crippen molar-refractivity contribution in [1.82, 2.24) is 0 Å². The van der Waals surface area contributed by atoms with Gasteiger partial charge in [0.25, 0.3) is 0 Å². The molecule has 0 aromatic heterocycles. The molecule has 0 N–H and O–H groups in total. The summed E-state index contributed by atoms with van der Waals surface area (Å²) in [4.78, 5) is 0. The van der Waals surface area contributed by atoms with E-state index in [2.05, 4.69) is 54.4 Å². The minimum atomic E-state index is -0.717. The zero-order chi connectivity index (χ0) is 27.6. The summed E-state index contributed by atoms with van der Waals surface area (Å²) in [6.07, 6.45) is 10.3. The topological polar surface area (TPSA) is 0 Å². The zero-order valence-electron chi connectivity index (χ0n) is 24.1. The Kier molecular flexibility index (Phi) is 7.64. The van der Waals surface area contributed by atoms with Gasteiger partial charge in [-0.15, -0.1) is 6.42 Å². The molecule has 4 bridgehead atoms. The Labute approximate surface area is 232 Å². The third-order valence-corrected chi connectivity index (χ3v) is 16.8. The number of terminal acetylenes is 1. The summed E-state index contributed by atoms with van der Waals surface area (Å²) in [7, 11) is -1.13. The van der Waals surface area contributed by atoms with Crippen LogP contribution in [0.1, 0.15) is 67.7 Å². The highest BCUT2D eigenvalue weighted by molar-refractivity contribution is 7.73. The Morgan fingerprint density at radius 1 is 0.763 bits per heavy atom. The van der Waals surface area contributed by atoms with Gasteiger partial charge in [0.2, 0.25) is 0 Å². The number of rotatable bonds is 5. The highest BCUT2D eigenvalue weighted by Gasteiger charge is 2.61.